The van der Waals surface area contributed by atoms with Gasteiger partial charge in [0.05, 0.1) is 16.7 Å². The van der Waals surface area contributed by atoms with Crippen molar-refractivity contribution in [1.82, 2.24) is 5.43 Å². The molecule has 0 fully saturated rings. The average Bonchev–Trinajstić information content (AvgIpc) is 2.75. The number of ether oxygens (including phenoxy) is 1. The van der Waals surface area contributed by atoms with Gasteiger partial charge in [0, 0.05) is 27.7 Å². The molecule has 0 aliphatic heterocycles. The standard InChI is InChI=1S/C22H16BrN3O5/c1-14-5-2-3-8-19(14)22(28)31-20-10-9-17(23)11-16(20)13-24-25-21(27)15-6-4-7-18(12-15)26(29)30/h2-13H,1H3,(H,25,27)/b24-13-. The molecule has 0 saturated carbocycles. The number of nitrogens with zero attached hydrogens (tertiary/aromatic N) is 2. The van der Waals surface area contributed by atoms with Crippen molar-refractivity contribution in [3.63, 3.8) is 0 Å². The molecule has 3 aromatic carbocycles. The summed E-state index contributed by atoms with van der Waals surface area (Å²) in [6.07, 6.45) is 1.32. The largest absolute Gasteiger partial charge is 0.422 e. The smallest absolute Gasteiger partial charge is 0.343 e. The van der Waals surface area contributed by atoms with E-state index in [2.05, 4.69) is 26.5 Å². The van der Waals surface area contributed by atoms with Crippen molar-refractivity contribution in [3.8, 4) is 5.75 Å². The molecular weight excluding hydrogens is 466 g/mol. The number of halogens is 1. The van der Waals surface area contributed by atoms with Crippen LogP contribution < -0.4 is 10.2 Å². The van der Waals surface area contributed by atoms with Gasteiger partial charge in [-0.1, -0.05) is 40.2 Å². The van der Waals surface area contributed by atoms with Crippen molar-refractivity contribution in [3.05, 3.63) is 104 Å². The molecule has 31 heavy (non-hydrogen) atoms. The number of esters is 1. The Balaban J connectivity index is 1.76. The van der Waals surface area contributed by atoms with Crippen LogP contribution in [0.1, 0.15) is 31.8 Å². The van der Waals surface area contributed by atoms with Gasteiger partial charge in [0.2, 0.25) is 0 Å². The Labute approximate surface area is 185 Å². The summed E-state index contributed by atoms with van der Waals surface area (Å²) in [6.45, 7) is 1.81. The maximum absolute atomic E-state index is 12.5. The summed E-state index contributed by atoms with van der Waals surface area (Å²) >= 11 is 3.34. The summed E-state index contributed by atoms with van der Waals surface area (Å²) in [4.78, 5) is 35.0. The van der Waals surface area contributed by atoms with Crippen molar-refractivity contribution in [1.29, 1.82) is 0 Å². The summed E-state index contributed by atoms with van der Waals surface area (Å²) in [5.41, 5.74) is 3.86. The summed E-state index contributed by atoms with van der Waals surface area (Å²) in [5.74, 6) is -0.881. The Morgan fingerprint density at radius 1 is 1.10 bits per heavy atom. The number of nitro benzene ring substituents is 1. The Morgan fingerprint density at radius 3 is 2.61 bits per heavy atom. The van der Waals surface area contributed by atoms with Gasteiger partial charge in [-0.25, -0.2) is 10.2 Å². The SMILES string of the molecule is Cc1ccccc1C(=O)Oc1ccc(Br)cc1/C=N\NC(=O)c1cccc([N+](=O)[O-])c1. The molecule has 0 radical (unpaired) electrons. The number of carbonyl (C=O) groups excluding carboxylic acids is 2. The molecule has 156 valence electrons. The predicted octanol–water partition coefficient (Wildman–Crippen LogP) is 4.65. The summed E-state index contributed by atoms with van der Waals surface area (Å²) in [7, 11) is 0. The van der Waals surface area contributed by atoms with Crippen molar-refractivity contribution in [2.75, 3.05) is 0 Å². The lowest BCUT2D eigenvalue weighted by atomic mass is 10.1. The number of non-ortho nitro benzene ring substituents is 1. The molecule has 1 N–H and O–H groups in total. The van der Waals surface area contributed by atoms with E-state index in [4.69, 9.17) is 4.74 Å². The molecule has 3 rings (SSSR count). The van der Waals surface area contributed by atoms with Gasteiger partial charge >= 0.3 is 5.97 Å². The van der Waals surface area contributed by atoms with Gasteiger partial charge in [0.15, 0.2) is 0 Å². The molecule has 0 aromatic heterocycles. The second kappa shape index (κ2) is 9.77. The highest BCUT2D eigenvalue weighted by Crippen LogP contribution is 2.23. The maximum Gasteiger partial charge on any atom is 0.343 e. The fourth-order valence-corrected chi connectivity index (χ4v) is 3.03. The van der Waals surface area contributed by atoms with E-state index in [-0.39, 0.29) is 17.0 Å². The minimum Gasteiger partial charge on any atom is -0.422 e. The van der Waals surface area contributed by atoms with E-state index in [1.54, 1.807) is 30.3 Å². The quantitative estimate of drug-likeness (QED) is 0.181. The zero-order chi connectivity index (χ0) is 22.4. The highest BCUT2D eigenvalue weighted by molar-refractivity contribution is 9.10. The maximum atomic E-state index is 12.5. The topological polar surface area (TPSA) is 111 Å². The number of hydrogen-bond acceptors (Lipinski definition) is 6. The van der Waals surface area contributed by atoms with Gasteiger partial charge in [-0.05, 0) is 42.8 Å². The van der Waals surface area contributed by atoms with Crippen LogP contribution in [0.3, 0.4) is 0 Å². The monoisotopic (exact) mass is 481 g/mol. The molecule has 0 unspecified atom stereocenters. The van der Waals surface area contributed by atoms with E-state index in [1.165, 1.54) is 24.4 Å². The number of nitro groups is 1. The number of amides is 1. The Hall–Kier alpha value is -3.85. The van der Waals surface area contributed by atoms with Crippen molar-refractivity contribution < 1.29 is 19.2 Å². The lowest BCUT2D eigenvalue weighted by Crippen LogP contribution is -2.18. The van der Waals surface area contributed by atoms with E-state index in [9.17, 15) is 19.7 Å². The van der Waals surface area contributed by atoms with Crippen LogP contribution in [-0.4, -0.2) is 23.0 Å². The van der Waals surface area contributed by atoms with E-state index in [0.29, 0.717) is 11.1 Å². The summed E-state index contributed by atoms with van der Waals surface area (Å²) < 4.78 is 6.23. The van der Waals surface area contributed by atoms with Gasteiger partial charge in [-0.2, -0.15) is 5.10 Å². The van der Waals surface area contributed by atoms with Crippen LogP contribution in [0.15, 0.2) is 76.3 Å². The van der Waals surface area contributed by atoms with E-state index >= 15 is 0 Å². The van der Waals surface area contributed by atoms with E-state index in [0.717, 1.165) is 16.1 Å². The molecule has 0 bridgehead atoms. The highest BCUT2D eigenvalue weighted by Gasteiger charge is 2.14. The average molecular weight is 482 g/mol. The molecule has 0 saturated heterocycles. The predicted molar refractivity (Wildman–Crippen MR) is 118 cm³/mol. The zero-order valence-corrected chi connectivity index (χ0v) is 17.8. The molecule has 1 amide bonds. The van der Waals surface area contributed by atoms with Crippen LogP contribution >= 0.6 is 15.9 Å². The van der Waals surface area contributed by atoms with Gasteiger partial charge in [0.1, 0.15) is 5.75 Å². The number of carbonyl (C=O) groups is 2. The molecule has 3 aromatic rings. The highest BCUT2D eigenvalue weighted by atomic mass is 79.9. The van der Waals surface area contributed by atoms with Gasteiger partial charge in [-0.3, -0.25) is 14.9 Å². The first-order chi connectivity index (χ1) is 14.8. The van der Waals surface area contributed by atoms with Crippen LogP contribution in [-0.2, 0) is 0 Å². The first-order valence-electron chi connectivity index (χ1n) is 9.00. The fourth-order valence-electron chi connectivity index (χ4n) is 2.66. The van der Waals surface area contributed by atoms with Crippen molar-refractivity contribution in [2.45, 2.75) is 6.92 Å². The Kier molecular flexibility index (Phi) is 6.88. The van der Waals surface area contributed by atoms with Crippen molar-refractivity contribution >= 4 is 39.7 Å². The second-order valence-corrected chi connectivity index (χ2v) is 7.31. The minimum absolute atomic E-state index is 0.0896. The van der Waals surface area contributed by atoms with Crippen LogP contribution in [0.25, 0.3) is 0 Å². The number of benzene rings is 3. The van der Waals surface area contributed by atoms with Crippen LogP contribution in [0.5, 0.6) is 5.75 Å². The molecule has 0 aliphatic rings. The summed E-state index contributed by atoms with van der Waals surface area (Å²) in [5, 5.41) is 14.7. The third-order valence-electron chi connectivity index (χ3n) is 4.23. The Bertz CT molecular complexity index is 1190. The van der Waals surface area contributed by atoms with Gasteiger partial charge in [-0.15, -0.1) is 0 Å². The molecule has 0 atom stereocenters. The number of hydrazone groups is 1. The third kappa shape index (κ3) is 5.61. The molecule has 9 heteroatoms. The van der Waals surface area contributed by atoms with Crippen LogP contribution in [0.2, 0.25) is 0 Å². The molecule has 0 spiro atoms. The number of hydrogen-bond donors (Lipinski definition) is 1. The van der Waals surface area contributed by atoms with Crippen molar-refractivity contribution in [2.24, 2.45) is 5.10 Å². The lowest BCUT2D eigenvalue weighted by molar-refractivity contribution is -0.384. The first kappa shape index (κ1) is 21.8. The van der Waals surface area contributed by atoms with E-state index in [1.807, 2.05) is 19.1 Å². The second-order valence-electron chi connectivity index (χ2n) is 6.39. The Morgan fingerprint density at radius 2 is 1.87 bits per heavy atom. The summed E-state index contributed by atoms with van der Waals surface area (Å²) in [6, 6.07) is 17.3. The lowest BCUT2D eigenvalue weighted by Gasteiger charge is -2.09. The molecular formula is C22H16BrN3O5. The molecule has 0 aliphatic carbocycles. The van der Waals surface area contributed by atoms with Gasteiger partial charge in [0.25, 0.3) is 11.6 Å². The number of aryl methyl sites for hydroxylation is 1. The fraction of sp³-hybridized carbons (Fsp3) is 0.0455. The number of nitrogens with one attached hydrogen (secondary N) is 1. The normalized spacial score (nSPS) is 10.6. The zero-order valence-electron chi connectivity index (χ0n) is 16.2. The minimum atomic E-state index is -0.617. The van der Waals surface area contributed by atoms with E-state index < -0.39 is 16.8 Å². The van der Waals surface area contributed by atoms with Gasteiger partial charge < -0.3 is 4.74 Å². The third-order valence-corrected chi connectivity index (χ3v) is 4.72. The van der Waals surface area contributed by atoms with Crippen LogP contribution in [0, 0.1) is 17.0 Å². The number of rotatable bonds is 6. The van der Waals surface area contributed by atoms with Crippen LogP contribution in [0.4, 0.5) is 5.69 Å². The molecule has 0 heterocycles. The first-order valence-corrected chi connectivity index (χ1v) is 9.79. The molecule has 8 nitrogen and oxygen atoms in total.